The number of benzene rings is 1. The van der Waals surface area contributed by atoms with Crippen molar-refractivity contribution in [2.75, 3.05) is 26.8 Å². The maximum atomic E-state index is 5.77. The molecule has 1 aliphatic heterocycles. The molecular formula is C11H15NO2PS2+. The summed E-state index contributed by atoms with van der Waals surface area (Å²) in [6.45, 7) is 2.42. The van der Waals surface area contributed by atoms with Crippen LogP contribution in [0.2, 0.25) is 0 Å². The molecular weight excluding hydrogens is 273 g/mol. The highest BCUT2D eigenvalue weighted by atomic mass is 32.9. The van der Waals surface area contributed by atoms with Gasteiger partial charge in [0.05, 0.1) is 45.2 Å². The fourth-order valence-electron chi connectivity index (χ4n) is 1.81. The Morgan fingerprint density at radius 2 is 2.18 bits per heavy atom. The van der Waals surface area contributed by atoms with E-state index in [0.29, 0.717) is 6.61 Å². The Hall–Kier alpha value is -0.190. The maximum absolute atomic E-state index is 5.77. The predicted octanol–water partition coefficient (Wildman–Crippen LogP) is 2.77. The highest BCUT2D eigenvalue weighted by molar-refractivity contribution is 8.55. The molecule has 0 amide bonds. The van der Waals surface area contributed by atoms with Crippen molar-refractivity contribution in [2.45, 2.75) is 6.10 Å². The highest BCUT2D eigenvalue weighted by Gasteiger charge is 2.29. The van der Waals surface area contributed by atoms with Gasteiger partial charge in [-0.25, -0.2) is 0 Å². The molecule has 0 bridgehead atoms. The smallest absolute Gasteiger partial charge is 0.337 e. The van der Waals surface area contributed by atoms with Gasteiger partial charge in [0.25, 0.3) is 0 Å². The molecule has 3 nitrogen and oxygen atoms in total. The standard InChI is InChI=1S/C11H14NO2PS2/c1-13-10-4-2-9(3-5-10)11-8-12(15(16)17)6-7-14-11/h2-5,11H,6-8H2,1H3/p+1. The molecule has 2 rings (SSSR count). The topological polar surface area (TPSA) is 21.7 Å². The number of hydrogen-bond acceptors (Lipinski definition) is 3. The molecule has 1 fully saturated rings. The summed E-state index contributed by atoms with van der Waals surface area (Å²) in [5.74, 6) is 0.862. The molecule has 6 heteroatoms. The van der Waals surface area contributed by atoms with Gasteiger partial charge in [0.15, 0.2) is 11.8 Å². The molecule has 2 atom stereocenters. The molecule has 1 aromatic rings. The lowest BCUT2D eigenvalue weighted by atomic mass is 10.1. The predicted molar refractivity (Wildman–Crippen MR) is 76.5 cm³/mol. The van der Waals surface area contributed by atoms with E-state index in [2.05, 4.69) is 16.9 Å². The molecule has 1 aromatic carbocycles. The molecule has 2 unspecified atom stereocenters. The van der Waals surface area contributed by atoms with E-state index >= 15 is 0 Å². The van der Waals surface area contributed by atoms with Gasteiger partial charge >= 0.3 is 6.05 Å². The Labute approximate surface area is 113 Å². The third kappa shape index (κ3) is 3.39. The maximum Gasteiger partial charge on any atom is 0.337 e. The zero-order chi connectivity index (χ0) is 12.3. The SMILES string of the molecule is COc1ccc(C2CN([P+](=S)S)CCO2)cc1. The van der Waals surface area contributed by atoms with Crippen molar-refractivity contribution in [3.05, 3.63) is 29.8 Å². The summed E-state index contributed by atoms with van der Waals surface area (Å²) in [6.07, 6.45) is 0.0924. The molecule has 92 valence electrons. The van der Waals surface area contributed by atoms with Crippen molar-refractivity contribution in [3.63, 3.8) is 0 Å². The summed E-state index contributed by atoms with van der Waals surface area (Å²) in [5, 5.41) is 0. The van der Waals surface area contributed by atoms with Crippen LogP contribution in [0.1, 0.15) is 11.7 Å². The van der Waals surface area contributed by atoms with Crippen LogP contribution in [-0.2, 0) is 16.5 Å². The zero-order valence-electron chi connectivity index (χ0n) is 9.57. The lowest BCUT2D eigenvalue weighted by molar-refractivity contribution is -0.000170. The monoisotopic (exact) mass is 288 g/mol. The van der Waals surface area contributed by atoms with Gasteiger partial charge in [-0.15, -0.1) is 4.67 Å². The number of nitrogens with zero attached hydrogens (tertiary/aromatic N) is 1. The first-order chi connectivity index (χ1) is 8.20. The fraction of sp³-hybridized carbons (Fsp3) is 0.455. The van der Waals surface area contributed by atoms with E-state index in [1.165, 1.54) is 0 Å². The lowest BCUT2D eigenvalue weighted by Crippen LogP contribution is -2.33. The van der Waals surface area contributed by atoms with Gasteiger partial charge in [0.1, 0.15) is 5.75 Å². The minimum absolute atomic E-state index is 0.0924. The third-order valence-electron chi connectivity index (χ3n) is 2.77. The largest absolute Gasteiger partial charge is 0.497 e. The number of thiol groups is 1. The van der Waals surface area contributed by atoms with Crippen LogP contribution in [0.3, 0.4) is 0 Å². The summed E-state index contributed by atoms with van der Waals surface area (Å²) in [6, 6.07) is 7.25. The van der Waals surface area contributed by atoms with Gasteiger partial charge in [-0.05, 0) is 17.7 Å². The molecule has 0 aromatic heterocycles. The van der Waals surface area contributed by atoms with Crippen molar-refractivity contribution < 1.29 is 9.47 Å². The fourth-order valence-corrected chi connectivity index (χ4v) is 3.28. The molecule has 1 heterocycles. The van der Waals surface area contributed by atoms with Crippen molar-refractivity contribution in [1.82, 2.24) is 4.67 Å². The Bertz CT molecular complexity index is 399. The van der Waals surface area contributed by atoms with E-state index in [1.54, 1.807) is 7.11 Å². The molecule has 0 N–H and O–H groups in total. The third-order valence-corrected chi connectivity index (χ3v) is 5.07. The zero-order valence-corrected chi connectivity index (χ0v) is 12.2. The van der Waals surface area contributed by atoms with Crippen LogP contribution in [-0.4, -0.2) is 31.5 Å². The summed E-state index contributed by atoms with van der Waals surface area (Å²) >= 11 is 9.58. The number of ether oxygens (including phenoxy) is 2. The summed E-state index contributed by atoms with van der Waals surface area (Å²) < 4.78 is 13.1. The Morgan fingerprint density at radius 3 is 2.76 bits per heavy atom. The quantitative estimate of drug-likeness (QED) is 0.682. The molecule has 1 aliphatic rings. The van der Waals surface area contributed by atoms with Crippen LogP contribution in [0.4, 0.5) is 0 Å². The Morgan fingerprint density at radius 1 is 1.47 bits per heavy atom. The summed E-state index contributed by atoms with van der Waals surface area (Å²) in [5.41, 5.74) is 1.16. The van der Waals surface area contributed by atoms with E-state index in [1.807, 2.05) is 24.3 Å². The number of rotatable bonds is 3. The Kier molecular flexibility index (Phi) is 4.77. The summed E-state index contributed by atoms with van der Waals surface area (Å²) in [7, 11) is 1.67. The normalized spacial score (nSPS) is 22.2. The lowest BCUT2D eigenvalue weighted by Gasteiger charge is -2.26. The van der Waals surface area contributed by atoms with Crippen LogP contribution < -0.4 is 4.74 Å². The van der Waals surface area contributed by atoms with Crippen molar-refractivity contribution in [2.24, 2.45) is 0 Å². The van der Waals surface area contributed by atoms with Crippen molar-refractivity contribution in [1.29, 1.82) is 0 Å². The second-order valence-electron chi connectivity index (χ2n) is 3.80. The molecule has 1 saturated heterocycles. The van der Waals surface area contributed by atoms with Gasteiger partial charge in [-0.1, -0.05) is 12.1 Å². The van der Waals surface area contributed by atoms with Crippen LogP contribution in [0, 0.1) is 0 Å². The average Bonchev–Trinajstić information content (AvgIpc) is 2.39. The van der Waals surface area contributed by atoms with Gasteiger partial charge in [-0.3, -0.25) is 0 Å². The van der Waals surface area contributed by atoms with Crippen LogP contribution in [0.25, 0.3) is 0 Å². The van der Waals surface area contributed by atoms with Crippen LogP contribution in [0.5, 0.6) is 5.75 Å². The molecule has 0 aliphatic carbocycles. The van der Waals surface area contributed by atoms with E-state index in [4.69, 9.17) is 21.3 Å². The Balaban J connectivity index is 2.08. The molecule has 0 radical (unpaired) electrons. The van der Waals surface area contributed by atoms with E-state index in [-0.39, 0.29) is 6.10 Å². The van der Waals surface area contributed by atoms with E-state index < -0.39 is 6.05 Å². The number of morpholine rings is 1. The van der Waals surface area contributed by atoms with Gasteiger partial charge in [0.2, 0.25) is 0 Å². The van der Waals surface area contributed by atoms with Crippen molar-refractivity contribution in [3.8, 4) is 5.75 Å². The first-order valence-electron chi connectivity index (χ1n) is 5.37. The second kappa shape index (κ2) is 6.12. The minimum atomic E-state index is -0.739. The first kappa shape index (κ1) is 13.2. The van der Waals surface area contributed by atoms with Crippen molar-refractivity contribution >= 4 is 30.1 Å². The highest BCUT2D eigenvalue weighted by Crippen LogP contribution is 2.36. The van der Waals surface area contributed by atoms with Gasteiger partial charge in [0, 0.05) is 0 Å². The molecule has 0 spiro atoms. The van der Waals surface area contributed by atoms with E-state index in [9.17, 15) is 0 Å². The van der Waals surface area contributed by atoms with Gasteiger partial charge in [-0.2, -0.15) is 0 Å². The van der Waals surface area contributed by atoms with Gasteiger partial charge < -0.3 is 9.47 Å². The van der Waals surface area contributed by atoms with Crippen LogP contribution in [0.15, 0.2) is 24.3 Å². The number of methoxy groups -OCH3 is 1. The molecule has 0 saturated carbocycles. The second-order valence-corrected chi connectivity index (χ2v) is 7.86. The summed E-state index contributed by atoms with van der Waals surface area (Å²) in [4.78, 5) is 0. The minimum Gasteiger partial charge on any atom is -0.497 e. The molecule has 17 heavy (non-hydrogen) atoms. The average molecular weight is 288 g/mol. The van der Waals surface area contributed by atoms with E-state index in [0.717, 1.165) is 24.4 Å². The first-order valence-corrected chi connectivity index (χ1v) is 8.83. The number of hydrogen-bond donors (Lipinski definition) is 1. The van der Waals surface area contributed by atoms with Crippen LogP contribution >= 0.6 is 18.3 Å².